The van der Waals surface area contributed by atoms with Gasteiger partial charge in [-0.25, -0.2) is 0 Å². The summed E-state index contributed by atoms with van der Waals surface area (Å²) >= 11 is 1.70. The molecular weight excluding hydrogens is 204 g/mol. The van der Waals surface area contributed by atoms with Gasteiger partial charge in [-0.3, -0.25) is 4.79 Å². The van der Waals surface area contributed by atoms with Crippen molar-refractivity contribution in [2.75, 3.05) is 0 Å². The number of fused-ring (bicyclic) bond motifs is 1. The molecule has 0 atom stereocenters. The van der Waals surface area contributed by atoms with Gasteiger partial charge in [0.1, 0.15) is 5.78 Å². The first-order valence-electron chi connectivity index (χ1n) is 5.22. The molecule has 1 heterocycles. The number of benzene rings is 1. The maximum atomic E-state index is 11.0. The van der Waals surface area contributed by atoms with Crippen LogP contribution in [0, 0.1) is 0 Å². The number of Topliss-reactive ketones (excluding diaryl/α,β-unsaturated/α-hetero) is 1. The SMILES string of the molecule is CC.CC(=O)Cc1csc2ccccc12. The highest BCUT2D eigenvalue weighted by atomic mass is 32.1. The van der Waals surface area contributed by atoms with Crippen molar-refractivity contribution in [3.8, 4) is 0 Å². The van der Waals surface area contributed by atoms with Gasteiger partial charge in [0, 0.05) is 11.1 Å². The van der Waals surface area contributed by atoms with E-state index in [1.54, 1.807) is 18.3 Å². The maximum absolute atomic E-state index is 11.0. The minimum atomic E-state index is 0.226. The smallest absolute Gasteiger partial charge is 0.134 e. The van der Waals surface area contributed by atoms with Crippen LogP contribution in [0.15, 0.2) is 29.6 Å². The lowest BCUT2D eigenvalue weighted by atomic mass is 10.1. The first kappa shape index (κ1) is 11.9. The van der Waals surface area contributed by atoms with Crippen molar-refractivity contribution in [1.29, 1.82) is 0 Å². The van der Waals surface area contributed by atoms with Gasteiger partial charge in [0.05, 0.1) is 0 Å². The Morgan fingerprint density at radius 3 is 2.60 bits per heavy atom. The predicted octanol–water partition coefficient (Wildman–Crippen LogP) is 4.06. The average Bonchev–Trinajstić information content (AvgIpc) is 2.64. The molecule has 0 unspecified atom stereocenters. The molecule has 0 amide bonds. The quantitative estimate of drug-likeness (QED) is 0.746. The summed E-state index contributed by atoms with van der Waals surface area (Å²) in [6.45, 7) is 5.63. The topological polar surface area (TPSA) is 17.1 Å². The van der Waals surface area contributed by atoms with E-state index in [0.29, 0.717) is 6.42 Å². The molecule has 2 aromatic rings. The second kappa shape index (κ2) is 5.66. The van der Waals surface area contributed by atoms with Gasteiger partial charge in [0.15, 0.2) is 0 Å². The van der Waals surface area contributed by atoms with Crippen molar-refractivity contribution < 1.29 is 4.79 Å². The Bertz CT molecular complexity index is 442. The van der Waals surface area contributed by atoms with Crippen LogP contribution in [0.5, 0.6) is 0 Å². The Kier molecular flexibility index (Phi) is 4.50. The van der Waals surface area contributed by atoms with Gasteiger partial charge in [-0.2, -0.15) is 0 Å². The lowest BCUT2D eigenvalue weighted by molar-refractivity contribution is -0.116. The molecule has 2 rings (SSSR count). The van der Waals surface area contributed by atoms with Crippen molar-refractivity contribution in [3.63, 3.8) is 0 Å². The standard InChI is InChI=1S/C11H10OS.C2H6/c1-8(12)6-9-7-13-11-5-3-2-4-10(9)11;1-2/h2-5,7H,6H2,1H3;1-2H3. The summed E-state index contributed by atoms with van der Waals surface area (Å²) in [6, 6.07) is 8.20. The molecular formula is C13H16OS. The van der Waals surface area contributed by atoms with E-state index in [1.807, 2.05) is 26.0 Å². The van der Waals surface area contributed by atoms with E-state index in [2.05, 4.69) is 17.5 Å². The van der Waals surface area contributed by atoms with E-state index < -0.39 is 0 Å². The van der Waals surface area contributed by atoms with E-state index in [4.69, 9.17) is 0 Å². The van der Waals surface area contributed by atoms with Gasteiger partial charge in [-0.15, -0.1) is 11.3 Å². The number of hydrogen-bond acceptors (Lipinski definition) is 2. The molecule has 0 N–H and O–H groups in total. The van der Waals surface area contributed by atoms with Gasteiger partial charge in [-0.05, 0) is 29.3 Å². The third-order valence-electron chi connectivity index (χ3n) is 2.00. The van der Waals surface area contributed by atoms with Crippen LogP contribution in [-0.4, -0.2) is 5.78 Å². The molecule has 80 valence electrons. The van der Waals surface area contributed by atoms with Crippen LogP contribution in [-0.2, 0) is 11.2 Å². The van der Waals surface area contributed by atoms with Crippen molar-refractivity contribution in [2.24, 2.45) is 0 Å². The van der Waals surface area contributed by atoms with Gasteiger partial charge < -0.3 is 0 Å². The predicted molar refractivity (Wildman–Crippen MR) is 67.6 cm³/mol. The van der Waals surface area contributed by atoms with Gasteiger partial charge in [-0.1, -0.05) is 32.0 Å². The molecule has 0 aliphatic carbocycles. The number of carbonyl (C=O) groups excluding carboxylic acids is 1. The summed E-state index contributed by atoms with van der Waals surface area (Å²) < 4.78 is 1.26. The Balaban J connectivity index is 0.000000531. The number of rotatable bonds is 2. The molecule has 1 nitrogen and oxygen atoms in total. The summed E-state index contributed by atoms with van der Waals surface area (Å²) in [7, 11) is 0. The highest BCUT2D eigenvalue weighted by Crippen LogP contribution is 2.25. The molecule has 1 aromatic heterocycles. The Labute approximate surface area is 94.7 Å². The van der Waals surface area contributed by atoms with Crippen molar-refractivity contribution in [2.45, 2.75) is 27.2 Å². The zero-order valence-corrected chi connectivity index (χ0v) is 10.2. The normalized spacial score (nSPS) is 9.53. The Morgan fingerprint density at radius 1 is 1.27 bits per heavy atom. The number of hydrogen-bond donors (Lipinski definition) is 0. The summed E-state index contributed by atoms with van der Waals surface area (Å²) in [5.41, 5.74) is 1.16. The van der Waals surface area contributed by atoms with E-state index in [0.717, 1.165) is 5.56 Å². The minimum absolute atomic E-state index is 0.226. The van der Waals surface area contributed by atoms with Crippen LogP contribution in [0.3, 0.4) is 0 Å². The van der Waals surface area contributed by atoms with E-state index in [9.17, 15) is 4.79 Å². The van der Waals surface area contributed by atoms with Gasteiger partial charge >= 0.3 is 0 Å². The molecule has 0 saturated heterocycles. The van der Waals surface area contributed by atoms with Crippen LogP contribution in [0.1, 0.15) is 26.3 Å². The molecule has 0 spiro atoms. The Morgan fingerprint density at radius 2 is 1.93 bits per heavy atom. The summed E-state index contributed by atoms with van der Waals surface area (Å²) in [4.78, 5) is 11.0. The largest absolute Gasteiger partial charge is 0.300 e. The third kappa shape index (κ3) is 2.90. The average molecular weight is 220 g/mol. The highest BCUT2D eigenvalue weighted by molar-refractivity contribution is 7.17. The molecule has 0 aliphatic rings. The van der Waals surface area contributed by atoms with Crippen molar-refractivity contribution >= 4 is 27.2 Å². The van der Waals surface area contributed by atoms with E-state index >= 15 is 0 Å². The number of ketones is 1. The molecule has 15 heavy (non-hydrogen) atoms. The monoisotopic (exact) mass is 220 g/mol. The molecule has 0 bridgehead atoms. The maximum Gasteiger partial charge on any atom is 0.134 e. The van der Waals surface area contributed by atoms with E-state index in [1.165, 1.54) is 10.1 Å². The summed E-state index contributed by atoms with van der Waals surface area (Å²) in [6.07, 6.45) is 0.560. The van der Waals surface area contributed by atoms with Gasteiger partial charge in [0.2, 0.25) is 0 Å². The molecule has 1 aromatic carbocycles. The summed E-state index contributed by atoms with van der Waals surface area (Å²) in [5, 5.41) is 3.30. The molecule has 0 radical (unpaired) electrons. The lowest BCUT2D eigenvalue weighted by Gasteiger charge is -1.93. The zero-order valence-electron chi connectivity index (χ0n) is 9.41. The lowest BCUT2D eigenvalue weighted by Crippen LogP contribution is -1.94. The van der Waals surface area contributed by atoms with Crippen LogP contribution < -0.4 is 0 Å². The van der Waals surface area contributed by atoms with Gasteiger partial charge in [0.25, 0.3) is 0 Å². The fraction of sp³-hybridized carbons (Fsp3) is 0.308. The fourth-order valence-corrected chi connectivity index (χ4v) is 2.40. The van der Waals surface area contributed by atoms with Crippen molar-refractivity contribution in [3.05, 3.63) is 35.2 Å². The van der Waals surface area contributed by atoms with E-state index in [-0.39, 0.29) is 5.78 Å². The zero-order chi connectivity index (χ0) is 11.3. The third-order valence-corrected chi connectivity index (χ3v) is 3.01. The second-order valence-electron chi connectivity index (χ2n) is 3.14. The van der Waals surface area contributed by atoms with Crippen LogP contribution >= 0.6 is 11.3 Å². The first-order chi connectivity index (χ1) is 7.27. The summed E-state index contributed by atoms with van der Waals surface area (Å²) in [5.74, 6) is 0.226. The van der Waals surface area contributed by atoms with Crippen LogP contribution in [0.2, 0.25) is 0 Å². The van der Waals surface area contributed by atoms with Crippen LogP contribution in [0.25, 0.3) is 10.1 Å². The number of thiophene rings is 1. The van der Waals surface area contributed by atoms with Crippen molar-refractivity contribution in [1.82, 2.24) is 0 Å². The fourth-order valence-electron chi connectivity index (χ4n) is 1.44. The molecule has 0 fully saturated rings. The molecule has 0 aliphatic heterocycles. The number of carbonyl (C=O) groups is 1. The van der Waals surface area contributed by atoms with Crippen LogP contribution in [0.4, 0.5) is 0 Å². The minimum Gasteiger partial charge on any atom is -0.300 e. The first-order valence-corrected chi connectivity index (χ1v) is 6.10. The molecule has 0 saturated carbocycles. The highest BCUT2D eigenvalue weighted by Gasteiger charge is 2.04. The second-order valence-corrected chi connectivity index (χ2v) is 4.05. The molecule has 2 heteroatoms. The Hall–Kier alpha value is -1.15.